The van der Waals surface area contributed by atoms with E-state index in [9.17, 15) is 9.59 Å². The number of benzene rings is 2. The summed E-state index contributed by atoms with van der Waals surface area (Å²) in [4.78, 5) is 23.2. The maximum absolute atomic E-state index is 12.3. The molecule has 0 spiro atoms. The van der Waals surface area contributed by atoms with Crippen molar-refractivity contribution in [3.8, 4) is 0 Å². The van der Waals surface area contributed by atoms with Gasteiger partial charge in [0.05, 0.1) is 11.1 Å². The Hall–Kier alpha value is -1.16. The number of aromatic carboxylic acids is 1. The molecule has 0 heterocycles. The van der Waals surface area contributed by atoms with Crippen LogP contribution in [0.15, 0.2) is 36.4 Å². The Labute approximate surface area is 149 Å². The maximum Gasteiger partial charge on any atom is 0.335 e. The Kier molecular flexibility index (Phi) is 5.20. The van der Waals surface area contributed by atoms with E-state index in [1.807, 2.05) is 18.2 Å². The lowest BCUT2D eigenvalue weighted by molar-refractivity contribution is 0.0696. The van der Waals surface area contributed by atoms with Gasteiger partial charge in [-0.1, -0.05) is 0 Å². The number of anilines is 1. The highest BCUT2D eigenvalue weighted by Crippen LogP contribution is 2.20. The second kappa shape index (κ2) is 6.73. The first kappa shape index (κ1) is 16.2. The molecule has 0 aliphatic heterocycles. The Balaban J connectivity index is 2.27. The smallest absolute Gasteiger partial charge is 0.335 e. The van der Waals surface area contributed by atoms with Gasteiger partial charge in [0, 0.05) is 12.8 Å². The van der Waals surface area contributed by atoms with E-state index < -0.39 is 5.97 Å². The number of halogens is 2. The first-order valence-electron chi connectivity index (χ1n) is 5.99. The second-order valence-electron chi connectivity index (χ2n) is 4.41. The highest BCUT2D eigenvalue weighted by Gasteiger charge is 2.13. The van der Waals surface area contributed by atoms with Crippen LogP contribution in [-0.2, 0) is 0 Å². The number of carboxylic acid groups (broad SMARTS) is 1. The predicted molar refractivity (Wildman–Crippen MR) is 98.0 cm³/mol. The van der Waals surface area contributed by atoms with Gasteiger partial charge in [0.25, 0.3) is 5.91 Å². The van der Waals surface area contributed by atoms with Gasteiger partial charge in [0.1, 0.15) is 0 Å². The van der Waals surface area contributed by atoms with Gasteiger partial charge >= 0.3 is 5.97 Å². The number of carboxylic acids is 1. The number of hydrogen-bond donors (Lipinski definition) is 2. The topological polar surface area (TPSA) is 66.4 Å². The molecule has 108 valence electrons. The SMILES string of the molecule is Cc1cc(C(=O)O)ccc1NC(=O)c1cc(I)ccc1I. The fourth-order valence-electron chi connectivity index (χ4n) is 1.80. The van der Waals surface area contributed by atoms with Crippen molar-refractivity contribution in [2.24, 2.45) is 0 Å². The van der Waals surface area contributed by atoms with Gasteiger partial charge < -0.3 is 10.4 Å². The van der Waals surface area contributed by atoms with E-state index in [2.05, 4.69) is 50.5 Å². The van der Waals surface area contributed by atoms with Crippen LogP contribution in [0.5, 0.6) is 0 Å². The van der Waals surface area contributed by atoms with Crippen molar-refractivity contribution in [1.29, 1.82) is 0 Å². The van der Waals surface area contributed by atoms with Crippen molar-refractivity contribution in [3.05, 3.63) is 60.2 Å². The van der Waals surface area contributed by atoms with E-state index in [1.165, 1.54) is 12.1 Å². The molecule has 0 radical (unpaired) electrons. The van der Waals surface area contributed by atoms with E-state index >= 15 is 0 Å². The molecular formula is C15H11I2NO3. The molecule has 0 saturated heterocycles. The number of nitrogens with one attached hydrogen (secondary N) is 1. The third-order valence-corrected chi connectivity index (χ3v) is 4.51. The summed E-state index contributed by atoms with van der Waals surface area (Å²) in [7, 11) is 0. The third-order valence-electron chi connectivity index (χ3n) is 2.89. The summed E-state index contributed by atoms with van der Waals surface area (Å²) < 4.78 is 1.85. The minimum absolute atomic E-state index is 0.203. The van der Waals surface area contributed by atoms with Gasteiger partial charge in [-0.25, -0.2) is 4.79 Å². The summed E-state index contributed by atoms with van der Waals surface area (Å²) in [6.07, 6.45) is 0. The van der Waals surface area contributed by atoms with Gasteiger partial charge in [-0.2, -0.15) is 0 Å². The van der Waals surface area contributed by atoms with Crippen LogP contribution < -0.4 is 5.32 Å². The van der Waals surface area contributed by atoms with Crippen molar-refractivity contribution in [3.63, 3.8) is 0 Å². The van der Waals surface area contributed by atoms with Crippen molar-refractivity contribution in [2.45, 2.75) is 6.92 Å². The first-order valence-corrected chi connectivity index (χ1v) is 8.14. The Morgan fingerprint density at radius 3 is 2.43 bits per heavy atom. The highest BCUT2D eigenvalue weighted by atomic mass is 127. The lowest BCUT2D eigenvalue weighted by Crippen LogP contribution is -2.14. The molecule has 4 nitrogen and oxygen atoms in total. The largest absolute Gasteiger partial charge is 0.478 e. The molecule has 2 aromatic rings. The molecule has 1 amide bonds. The number of rotatable bonds is 3. The van der Waals surface area contributed by atoms with Crippen LogP contribution in [0.4, 0.5) is 5.69 Å². The van der Waals surface area contributed by atoms with Crippen molar-refractivity contribution >= 4 is 62.7 Å². The van der Waals surface area contributed by atoms with Crippen molar-refractivity contribution in [2.75, 3.05) is 5.32 Å². The monoisotopic (exact) mass is 507 g/mol. The minimum atomic E-state index is -0.983. The van der Waals surface area contributed by atoms with Crippen LogP contribution in [0.1, 0.15) is 26.3 Å². The van der Waals surface area contributed by atoms with Crippen LogP contribution in [0, 0.1) is 14.1 Å². The number of amides is 1. The second-order valence-corrected chi connectivity index (χ2v) is 6.82. The van der Waals surface area contributed by atoms with Crippen LogP contribution in [0.25, 0.3) is 0 Å². The highest BCUT2D eigenvalue weighted by molar-refractivity contribution is 14.1. The Morgan fingerprint density at radius 1 is 1.10 bits per heavy atom. The molecule has 0 bridgehead atoms. The van der Waals surface area contributed by atoms with E-state index in [0.717, 1.165) is 7.14 Å². The minimum Gasteiger partial charge on any atom is -0.478 e. The molecule has 2 N–H and O–H groups in total. The summed E-state index contributed by atoms with van der Waals surface area (Å²) in [5.41, 5.74) is 2.13. The standard InChI is InChI=1S/C15H11I2NO3/c1-8-6-9(15(20)21)2-5-13(8)18-14(19)11-7-10(16)3-4-12(11)17/h2-7H,1H3,(H,18,19)(H,20,21). The average molecular weight is 507 g/mol. The first-order chi connectivity index (χ1) is 9.88. The fourth-order valence-corrected chi connectivity index (χ4v) is 2.87. The number of carbonyl (C=O) groups excluding carboxylic acids is 1. The van der Waals surface area contributed by atoms with Crippen LogP contribution >= 0.6 is 45.2 Å². The van der Waals surface area contributed by atoms with Crippen molar-refractivity contribution < 1.29 is 14.7 Å². The Bertz CT molecular complexity index is 729. The molecule has 0 aliphatic carbocycles. The molecule has 0 atom stereocenters. The van der Waals surface area contributed by atoms with Crippen LogP contribution in [0.3, 0.4) is 0 Å². The van der Waals surface area contributed by atoms with E-state index in [0.29, 0.717) is 16.8 Å². The summed E-state index contributed by atoms with van der Waals surface area (Å²) in [5, 5.41) is 11.8. The molecule has 0 aromatic heterocycles. The summed E-state index contributed by atoms with van der Waals surface area (Å²) in [6.45, 7) is 1.77. The summed E-state index contributed by atoms with van der Waals surface area (Å²) in [6, 6.07) is 10.3. The zero-order valence-corrected chi connectivity index (χ0v) is 15.3. The summed E-state index contributed by atoms with van der Waals surface area (Å²) in [5.74, 6) is -1.19. The molecule has 0 unspecified atom stereocenters. The Morgan fingerprint density at radius 2 is 1.81 bits per heavy atom. The zero-order chi connectivity index (χ0) is 15.6. The number of hydrogen-bond acceptors (Lipinski definition) is 2. The molecule has 2 aromatic carbocycles. The molecule has 6 heteroatoms. The van der Waals surface area contributed by atoms with Gasteiger partial charge in [-0.3, -0.25) is 4.79 Å². The van der Waals surface area contributed by atoms with Crippen LogP contribution in [-0.4, -0.2) is 17.0 Å². The maximum atomic E-state index is 12.3. The van der Waals surface area contributed by atoms with E-state index in [-0.39, 0.29) is 11.5 Å². The van der Waals surface area contributed by atoms with E-state index in [1.54, 1.807) is 13.0 Å². The van der Waals surface area contributed by atoms with Gasteiger partial charge in [0.15, 0.2) is 0 Å². The lowest BCUT2D eigenvalue weighted by atomic mass is 10.1. The fraction of sp³-hybridized carbons (Fsp3) is 0.0667. The molecule has 2 rings (SSSR count). The summed E-state index contributed by atoms with van der Waals surface area (Å²) >= 11 is 4.27. The molecule has 0 saturated carbocycles. The normalized spacial score (nSPS) is 10.2. The quantitative estimate of drug-likeness (QED) is 0.614. The molecular weight excluding hydrogens is 496 g/mol. The van der Waals surface area contributed by atoms with Gasteiger partial charge in [-0.15, -0.1) is 0 Å². The van der Waals surface area contributed by atoms with Crippen molar-refractivity contribution in [1.82, 2.24) is 0 Å². The molecule has 0 aliphatic rings. The molecule has 0 fully saturated rings. The van der Waals surface area contributed by atoms with Gasteiger partial charge in [0.2, 0.25) is 0 Å². The predicted octanol–water partition coefficient (Wildman–Crippen LogP) is 4.15. The number of carbonyl (C=O) groups is 2. The zero-order valence-electron chi connectivity index (χ0n) is 11.0. The van der Waals surface area contributed by atoms with Crippen LogP contribution in [0.2, 0.25) is 0 Å². The third kappa shape index (κ3) is 3.94. The van der Waals surface area contributed by atoms with E-state index in [4.69, 9.17) is 5.11 Å². The van der Waals surface area contributed by atoms with Gasteiger partial charge in [-0.05, 0) is 94.1 Å². The molecule has 21 heavy (non-hydrogen) atoms. The number of aryl methyl sites for hydroxylation is 1. The lowest BCUT2D eigenvalue weighted by Gasteiger charge is -2.10. The average Bonchev–Trinajstić information content (AvgIpc) is 2.43.